The lowest BCUT2D eigenvalue weighted by molar-refractivity contribution is 0.768. The molecule has 0 saturated carbocycles. The predicted octanol–water partition coefficient (Wildman–Crippen LogP) is 17.3. The molecule has 11 aromatic carbocycles. The summed E-state index contributed by atoms with van der Waals surface area (Å²) in [6.45, 7) is 0. The number of hydrogen-bond acceptors (Lipinski definition) is 1. The van der Waals surface area contributed by atoms with Crippen molar-refractivity contribution >= 4 is 27.8 Å². The molecule has 12 rings (SSSR count). The van der Waals surface area contributed by atoms with Crippen molar-refractivity contribution in [2.75, 3.05) is 4.90 Å². The smallest absolute Gasteiger partial charge is 0.0714 e. The fourth-order valence-electron chi connectivity index (χ4n) is 10.6. The lowest BCUT2D eigenvalue weighted by Crippen LogP contribution is -2.28. The highest BCUT2D eigenvalue weighted by Crippen LogP contribution is 2.60. The predicted molar refractivity (Wildman–Crippen MR) is 278 cm³/mol. The Morgan fingerprint density at radius 3 is 1.48 bits per heavy atom. The third-order valence-electron chi connectivity index (χ3n) is 13.6. The molecule has 0 bridgehead atoms. The summed E-state index contributed by atoms with van der Waals surface area (Å²) in [4.78, 5) is 2.51. The first-order valence-electron chi connectivity index (χ1n) is 22.8. The van der Waals surface area contributed by atoms with Gasteiger partial charge in [-0.2, -0.15) is 0 Å². The van der Waals surface area contributed by atoms with E-state index in [1.165, 1.54) is 72.0 Å². The molecule has 0 aromatic heterocycles. The number of hydrogen-bond donors (Lipinski definition) is 0. The fourth-order valence-corrected chi connectivity index (χ4v) is 10.6. The Kier molecular flexibility index (Phi) is 9.81. The van der Waals surface area contributed by atoms with Gasteiger partial charge in [-0.05, 0) is 108 Å². The zero-order valence-electron chi connectivity index (χ0n) is 36.4. The molecule has 0 aliphatic heterocycles. The molecular weight excluding hydrogens is 795 g/mol. The first kappa shape index (κ1) is 39.1. The molecule has 0 N–H and O–H groups in total. The second kappa shape index (κ2) is 16.6. The number of fused-ring (bicyclic) bond motifs is 4. The third-order valence-corrected chi connectivity index (χ3v) is 13.6. The molecular formula is C65H45N. The van der Waals surface area contributed by atoms with Crippen molar-refractivity contribution in [1.82, 2.24) is 0 Å². The van der Waals surface area contributed by atoms with Crippen LogP contribution in [-0.4, -0.2) is 0 Å². The number of anilines is 3. The van der Waals surface area contributed by atoms with E-state index in [1.807, 2.05) is 0 Å². The van der Waals surface area contributed by atoms with E-state index in [9.17, 15) is 0 Å². The van der Waals surface area contributed by atoms with E-state index in [0.717, 1.165) is 33.8 Å². The standard InChI is InChI=1S/C65H45N/c1-4-20-46(21-5-1)50-24-16-25-51(44-50)52-26-17-31-55(45-52)66(62-38-15-13-33-58(62)49-42-40-48(41-43-49)57-35-18-23-47-22-10-11-32-56(47)57)63-39-19-37-61-64(63)59-34-12-14-36-60(59)65(61,53-27-6-2-7-28-53)54-29-8-3-9-30-54/h1-45H. The van der Waals surface area contributed by atoms with E-state index in [0.29, 0.717) is 0 Å². The monoisotopic (exact) mass is 839 g/mol. The molecule has 0 spiro atoms. The zero-order chi connectivity index (χ0) is 43.9. The topological polar surface area (TPSA) is 3.24 Å². The van der Waals surface area contributed by atoms with Crippen LogP contribution < -0.4 is 4.90 Å². The summed E-state index contributed by atoms with van der Waals surface area (Å²) in [5, 5.41) is 2.50. The molecule has 1 aliphatic carbocycles. The van der Waals surface area contributed by atoms with Gasteiger partial charge in [0.1, 0.15) is 0 Å². The zero-order valence-corrected chi connectivity index (χ0v) is 36.4. The average molecular weight is 840 g/mol. The second-order valence-corrected chi connectivity index (χ2v) is 17.2. The second-order valence-electron chi connectivity index (χ2n) is 17.2. The molecule has 1 heteroatoms. The van der Waals surface area contributed by atoms with Crippen LogP contribution in [0.15, 0.2) is 273 Å². The minimum absolute atomic E-state index is 0.535. The van der Waals surface area contributed by atoms with Gasteiger partial charge in [0.25, 0.3) is 0 Å². The third kappa shape index (κ3) is 6.56. The average Bonchev–Trinajstić information content (AvgIpc) is 3.71. The Hall–Kier alpha value is -8.52. The van der Waals surface area contributed by atoms with Crippen LogP contribution in [0.5, 0.6) is 0 Å². The van der Waals surface area contributed by atoms with Gasteiger partial charge in [-0.1, -0.05) is 243 Å². The van der Waals surface area contributed by atoms with E-state index in [-0.39, 0.29) is 0 Å². The molecule has 0 unspecified atom stereocenters. The van der Waals surface area contributed by atoms with Crippen molar-refractivity contribution in [2.24, 2.45) is 0 Å². The van der Waals surface area contributed by atoms with Gasteiger partial charge >= 0.3 is 0 Å². The van der Waals surface area contributed by atoms with Crippen LogP contribution in [0.25, 0.3) is 66.4 Å². The van der Waals surface area contributed by atoms with Gasteiger partial charge in [-0.3, -0.25) is 0 Å². The molecule has 1 nitrogen and oxygen atoms in total. The number of benzene rings is 11. The molecule has 0 radical (unpaired) electrons. The molecule has 310 valence electrons. The maximum atomic E-state index is 2.51. The van der Waals surface area contributed by atoms with Gasteiger partial charge in [0.2, 0.25) is 0 Å². The first-order chi connectivity index (χ1) is 32.8. The van der Waals surface area contributed by atoms with E-state index in [2.05, 4.69) is 278 Å². The maximum absolute atomic E-state index is 2.51. The van der Waals surface area contributed by atoms with Crippen molar-refractivity contribution in [1.29, 1.82) is 0 Å². The van der Waals surface area contributed by atoms with E-state index >= 15 is 0 Å². The van der Waals surface area contributed by atoms with Crippen molar-refractivity contribution in [3.63, 3.8) is 0 Å². The Bertz CT molecular complexity index is 3470. The van der Waals surface area contributed by atoms with E-state index in [1.54, 1.807) is 0 Å². The van der Waals surface area contributed by atoms with Crippen molar-refractivity contribution < 1.29 is 0 Å². The Morgan fingerprint density at radius 2 is 0.742 bits per heavy atom. The lowest BCUT2D eigenvalue weighted by atomic mass is 9.68. The molecule has 11 aromatic rings. The number of rotatable bonds is 9. The summed E-state index contributed by atoms with van der Waals surface area (Å²) in [5.41, 5.74) is 19.8. The Balaban J connectivity index is 1.09. The quantitative estimate of drug-likeness (QED) is 0.140. The molecule has 0 saturated heterocycles. The highest BCUT2D eigenvalue weighted by atomic mass is 15.1. The van der Waals surface area contributed by atoms with E-state index < -0.39 is 5.41 Å². The van der Waals surface area contributed by atoms with Crippen LogP contribution in [-0.2, 0) is 5.41 Å². The molecule has 0 amide bonds. The van der Waals surface area contributed by atoms with E-state index in [4.69, 9.17) is 0 Å². The minimum Gasteiger partial charge on any atom is -0.309 e. The minimum atomic E-state index is -0.535. The van der Waals surface area contributed by atoms with Crippen LogP contribution in [0.3, 0.4) is 0 Å². The van der Waals surface area contributed by atoms with Crippen molar-refractivity contribution in [2.45, 2.75) is 5.41 Å². The summed E-state index contributed by atoms with van der Waals surface area (Å²) in [7, 11) is 0. The van der Waals surface area contributed by atoms with Crippen LogP contribution >= 0.6 is 0 Å². The van der Waals surface area contributed by atoms with Crippen LogP contribution in [0.2, 0.25) is 0 Å². The van der Waals surface area contributed by atoms with Crippen LogP contribution in [0, 0.1) is 0 Å². The summed E-state index contributed by atoms with van der Waals surface area (Å²) < 4.78 is 0. The summed E-state index contributed by atoms with van der Waals surface area (Å²) in [6.07, 6.45) is 0. The van der Waals surface area contributed by atoms with Crippen molar-refractivity contribution in [3.8, 4) is 55.6 Å². The van der Waals surface area contributed by atoms with Gasteiger partial charge in [-0.15, -0.1) is 0 Å². The molecule has 66 heavy (non-hydrogen) atoms. The molecule has 0 fully saturated rings. The van der Waals surface area contributed by atoms with Gasteiger partial charge < -0.3 is 4.90 Å². The van der Waals surface area contributed by atoms with Gasteiger partial charge in [0, 0.05) is 16.8 Å². The summed E-state index contributed by atoms with van der Waals surface area (Å²) >= 11 is 0. The summed E-state index contributed by atoms with van der Waals surface area (Å²) in [5.74, 6) is 0. The first-order valence-corrected chi connectivity index (χ1v) is 22.8. The van der Waals surface area contributed by atoms with Crippen molar-refractivity contribution in [3.05, 3.63) is 295 Å². The largest absolute Gasteiger partial charge is 0.309 e. The Labute approximate surface area is 387 Å². The van der Waals surface area contributed by atoms with Gasteiger partial charge in [0.15, 0.2) is 0 Å². The van der Waals surface area contributed by atoms with Gasteiger partial charge in [-0.25, -0.2) is 0 Å². The summed E-state index contributed by atoms with van der Waals surface area (Å²) in [6, 6.07) is 100. The van der Waals surface area contributed by atoms with Gasteiger partial charge in [0.05, 0.1) is 16.8 Å². The molecule has 0 atom stereocenters. The number of para-hydroxylation sites is 1. The maximum Gasteiger partial charge on any atom is 0.0714 e. The number of nitrogens with zero attached hydrogens (tertiary/aromatic N) is 1. The Morgan fingerprint density at radius 1 is 0.273 bits per heavy atom. The molecule has 0 heterocycles. The normalized spacial score (nSPS) is 12.4. The lowest BCUT2D eigenvalue weighted by Gasteiger charge is -2.34. The fraction of sp³-hybridized carbons (Fsp3) is 0.0154. The highest BCUT2D eigenvalue weighted by molar-refractivity contribution is 6.01. The SMILES string of the molecule is c1ccc(-c2cccc(-c3cccc(N(c4ccccc4-c4ccc(-c5cccc6ccccc56)cc4)c4cccc5c4-c4ccccc4C5(c4ccccc4)c4ccccc4)c3)c2)cc1. The van der Waals surface area contributed by atoms with Crippen LogP contribution in [0.1, 0.15) is 22.3 Å². The highest BCUT2D eigenvalue weighted by Gasteiger charge is 2.47. The molecule has 1 aliphatic rings. The van der Waals surface area contributed by atoms with Crippen LogP contribution in [0.4, 0.5) is 17.1 Å².